The van der Waals surface area contributed by atoms with E-state index >= 15 is 0 Å². The summed E-state index contributed by atoms with van der Waals surface area (Å²) in [6, 6.07) is 10.1. The van der Waals surface area contributed by atoms with Crippen LogP contribution in [0, 0.1) is 6.92 Å². The highest BCUT2D eigenvalue weighted by Gasteiger charge is 2.21. The first kappa shape index (κ1) is 20.9. The van der Waals surface area contributed by atoms with Crippen LogP contribution in [0.25, 0.3) is 16.8 Å². The van der Waals surface area contributed by atoms with Crippen molar-refractivity contribution < 1.29 is 0 Å². The zero-order valence-corrected chi connectivity index (χ0v) is 18.3. The fourth-order valence-electron chi connectivity index (χ4n) is 4.00. The van der Waals surface area contributed by atoms with Crippen molar-refractivity contribution >= 4 is 11.4 Å². The van der Waals surface area contributed by atoms with E-state index in [0.29, 0.717) is 6.42 Å². The summed E-state index contributed by atoms with van der Waals surface area (Å²) in [6.07, 6.45) is 8.20. The van der Waals surface area contributed by atoms with E-state index < -0.39 is 0 Å². The SMILES string of the molecule is C=C/C=C(\c1nc(Cc2cc(-c3cccnc3)ccc2N)[nH]c1C)N1CCN(C)CC1. The maximum absolute atomic E-state index is 6.30. The van der Waals surface area contributed by atoms with Gasteiger partial charge in [0.2, 0.25) is 0 Å². The smallest absolute Gasteiger partial charge is 0.111 e. The number of aromatic nitrogens is 3. The molecule has 1 fully saturated rings. The fourth-order valence-corrected chi connectivity index (χ4v) is 4.00. The van der Waals surface area contributed by atoms with Gasteiger partial charge in [-0.3, -0.25) is 4.98 Å². The van der Waals surface area contributed by atoms with Crippen molar-refractivity contribution in [1.82, 2.24) is 24.8 Å². The number of nitrogens with one attached hydrogen (secondary N) is 1. The summed E-state index contributed by atoms with van der Waals surface area (Å²) < 4.78 is 0. The molecular formula is C25H30N6. The molecule has 0 amide bonds. The van der Waals surface area contributed by atoms with Crippen molar-refractivity contribution in [2.24, 2.45) is 0 Å². The van der Waals surface area contributed by atoms with Crippen LogP contribution in [0.3, 0.4) is 0 Å². The number of pyridine rings is 1. The molecule has 0 saturated carbocycles. The highest BCUT2D eigenvalue weighted by atomic mass is 15.3. The molecule has 1 saturated heterocycles. The molecule has 3 heterocycles. The lowest BCUT2D eigenvalue weighted by atomic mass is 10.0. The highest BCUT2D eigenvalue weighted by Crippen LogP contribution is 2.27. The van der Waals surface area contributed by atoms with Gasteiger partial charge in [-0.2, -0.15) is 0 Å². The quantitative estimate of drug-likeness (QED) is 0.475. The number of piperazine rings is 1. The minimum atomic E-state index is 0.644. The number of H-pyrrole nitrogens is 1. The van der Waals surface area contributed by atoms with E-state index in [9.17, 15) is 0 Å². The van der Waals surface area contributed by atoms with Gasteiger partial charge in [-0.25, -0.2) is 4.98 Å². The van der Waals surface area contributed by atoms with Crippen LogP contribution in [0.1, 0.15) is 22.8 Å². The maximum atomic E-state index is 6.30. The predicted molar refractivity (Wildman–Crippen MR) is 127 cm³/mol. The Kier molecular flexibility index (Phi) is 6.18. The van der Waals surface area contributed by atoms with Gasteiger partial charge in [0.1, 0.15) is 11.5 Å². The highest BCUT2D eigenvalue weighted by molar-refractivity contribution is 5.68. The molecule has 6 nitrogen and oxygen atoms in total. The molecule has 1 aromatic carbocycles. The second kappa shape index (κ2) is 9.18. The first-order valence-corrected chi connectivity index (χ1v) is 10.7. The van der Waals surface area contributed by atoms with E-state index in [4.69, 9.17) is 10.7 Å². The van der Waals surface area contributed by atoms with Crippen LogP contribution in [-0.2, 0) is 6.42 Å². The number of benzene rings is 1. The van der Waals surface area contributed by atoms with E-state index in [1.54, 1.807) is 6.20 Å². The Morgan fingerprint density at radius 1 is 1.19 bits per heavy atom. The van der Waals surface area contributed by atoms with E-state index in [-0.39, 0.29) is 0 Å². The third-order valence-corrected chi connectivity index (χ3v) is 5.79. The van der Waals surface area contributed by atoms with Gasteiger partial charge >= 0.3 is 0 Å². The van der Waals surface area contributed by atoms with Gasteiger partial charge in [-0.05, 0) is 54.9 Å². The first-order valence-electron chi connectivity index (χ1n) is 10.7. The molecule has 160 valence electrons. The number of imidazole rings is 1. The summed E-state index contributed by atoms with van der Waals surface area (Å²) in [6.45, 7) is 10.1. The van der Waals surface area contributed by atoms with Gasteiger partial charge < -0.3 is 20.5 Å². The van der Waals surface area contributed by atoms with Crippen molar-refractivity contribution in [3.8, 4) is 11.1 Å². The summed E-state index contributed by atoms with van der Waals surface area (Å²) in [5.74, 6) is 0.909. The van der Waals surface area contributed by atoms with Crippen LogP contribution in [0.4, 0.5) is 5.69 Å². The molecular weight excluding hydrogens is 384 g/mol. The summed E-state index contributed by atoms with van der Waals surface area (Å²) in [5.41, 5.74) is 13.5. The molecule has 4 rings (SSSR count). The Hall–Kier alpha value is -3.38. The van der Waals surface area contributed by atoms with Gasteiger partial charge in [0.05, 0.1) is 5.70 Å². The number of rotatable bonds is 6. The second-order valence-electron chi connectivity index (χ2n) is 8.07. The maximum Gasteiger partial charge on any atom is 0.111 e. The molecule has 1 aliphatic rings. The van der Waals surface area contributed by atoms with E-state index in [0.717, 1.165) is 71.5 Å². The Morgan fingerprint density at radius 3 is 2.71 bits per heavy atom. The third-order valence-electron chi connectivity index (χ3n) is 5.79. The molecule has 0 aliphatic carbocycles. The number of allylic oxidation sites excluding steroid dienone is 2. The number of nitrogens with two attached hydrogens (primary N) is 1. The van der Waals surface area contributed by atoms with Crippen molar-refractivity contribution in [3.05, 3.63) is 84.2 Å². The van der Waals surface area contributed by atoms with Gasteiger partial charge in [0.15, 0.2) is 0 Å². The second-order valence-corrected chi connectivity index (χ2v) is 8.07. The molecule has 0 atom stereocenters. The number of aromatic amines is 1. The Balaban J connectivity index is 1.60. The first-order chi connectivity index (χ1) is 15.0. The molecule has 6 heteroatoms. The van der Waals surface area contributed by atoms with Crippen LogP contribution in [0.15, 0.2) is 61.5 Å². The van der Waals surface area contributed by atoms with E-state index in [1.807, 2.05) is 30.5 Å². The number of aryl methyl sites for hydroxylation is 1. The molecule has 0 bridgehead atoms. The molecule has 3 aromatic rings. The van der Waals surface area contributed by atoms with Crippen molar-refractivity contribution in [1.29, 1.82) is 0 Å². The minimum absolute atomic E-state index is 0.644. The van der Waals surface area contributed by atoms with Crippen molar-refractivity contribution in [2.45, 2.75) is 13.3 Å². The Labute approximate surface area is 184 Å². The van der Waals surface area contributed by atoms with Crippen molar-refractivity contribution in [2.75, 3.05) is 39.0 Å². The normalized spacial score (nSPS) is 15.3. The van der Waals surface area contributed by atoms with Gasteiger partial charge in [-0.15, -0.1) is 0 Å². The monoisotopic (exact) mass is 414 g/mol. The Morgan fingerprint density at radius 2 is 2.00 bits per heavy atom. The molecule has 0 spiro atoms. The van der Waals surface area contributed by atoms with Crippen LogP contribution in [0.2, 0.25) is 0 Å². The zero-order valence-electron chi connectivity index (χ0n) is 18.3. The Bertz CT molecular complexity index is 1070. The summed E-state index contributed by atoms with van der Waals surface area (Å²) in [4.78, 5) is 17.4. The van der Waals surface area contributed by atoms with E-state index in [2.05, 4.69) is 58.5 Å². The lowest BCUT2D eigenvalue weighted by Crippen LogP contribution is -2.43. The largest absolute Gasteiger partial charge is 0.398 e. The minimum Gasteiger partial charge on any atom is -0.398 e. The number of likely N-dealkylation sites (N-methyl/N-ethyl adjacent to an activating group) is 1. The lowest BCUT2D eigenvalue weighted by Gasteiger charge is -2.35. The average molecular weight is 415 g/mol. The van der Waals surface area contributed by atoms with Gasteiger partial charge in [0.25, 0.3) is 0 Å². The number of hydrogen-bond acceptors (Lipinski definition) is 5. The summed E-state index contributed by atoms with van der Waals surface area (Å²) in [7, 11) is 2.16. The third kappa shape index (κ3) is 4.70. The number of hydrogen-bond donors (Lipinski definition) is 2. The lowest BCUT2D eigenvalue weighted by molar-refractivity contribution is 0.207. The fraction of sp³-hybridized carbons (Fsp3) is 0.280. The summed E-state index contributed by atoms with van der Waals surface area (Å²) >= 11 is 0. The topological polar surface area (TPSA) is 74.1 Å². The molecule has 3 N–H and O–H groups in total. The van der Waals surface area contributed by atoms with Crippen LogP contribution in [-0.4, -0.2) is 58.0 Å². The molecule has 1 aliphatic heterocycles. The van der Waals surface area contributed by atoms with Crippen molar-refractivity contribution in [3.63, 3.8) is 0 Å². The molecule has 31 heavy (non-hydrogen) atoms. The standard InChI is InChI=1S/C25H30N6/c1-4-6-23(31-13-11-30(3)12-14-31)25-18(2)28-24(29-25)16-21-15-19(8-9-22(21)26)20-7-5-10-27-17-20/h4-10,15,17H,1,11-14,16,26H2,2-3H3,(H,28,29)/b23-6+. The number of nitrogen functional groups attached to an aromatic ring is 1. The number of nitrogens with zero attached hydrogens (tertiary/aromatic N) is 4. The zero-order chi connectivity index (χ0) is 21.8. The average Bonchev–Trinajstić information content (AvgIpc) is 3.14. The molecule has 0 unspecified atom stereocenters. The van der Waals surface area contributed by atoms with E-state index in [1.165, 1.54) is 0 Å². The molecule has 0 radical (unpaired) electrons. The van der Waals surface area contributed by atoms with Crippen LogP contribution >= 0.6 is 0 Å². The van der Waals surface area contributed by atoms with Crippen LogP contribution < -0.4 is 5.73 Å². The molecule has 2 aromatic heterocycles. The number of anilines is 1. The summed E-state index contributed by atoms with van der Waals surface area (Å²) in [5, 5.41) is 0. The predicted octanol–water partition coefficient (Wildman–Crippen LogP) is 3.73. The van der Waals surface area contributed by atoms with Gasteiger partial charge in [0, 0.05) is 56.4 Å². The van der Waals surface area contributed by atoms with Gasteiger partial charge in [-0.1, -0.05) is 24.8 Å². The van der Waals surface area contributed by atoms with Crippen LogP contribution in [0.5, 0.6) is 0 Å².